The molecule has 0 unspecified atom stereocenters. The molecule has 0 amide bonds. The van der Waals surface area contributed by atoms with Gasteiger partial charge in [-0.15, -0.1) is 0 Å². The van der Waals surface area contributed by atoms with Gasteiger partial charge in [-0.2, -0.15) is 5.10 Å². The van der Waals surface area contributed by atoms with Gasteiger partial charge < -0.3 is 10.5 Å². The van der Waals surface area contributed by atoms with Gasteiger partial charge in [0, 0.05) is 37.5 Å². The number of anilines is 1. The second-order valence-electron chi connectivity index (χ2n) is 7.25. The second-order valence-corrected chi connectivity index (χ2v) is 12.9. The topological polar surface area (TPSA) is 66.0 Å². The Morgan fingerprint density at radius 3 is 2.71 bits per heavy atom. The van der Waals surface area contributed by atoms with E-state index in [1.54, 1.807) is 0 Å². The summed E-state index contributed by atoms with van der Waals surface area (Å²) in [7, 11) is -1.06. The number of nitrogen functional groups attached to an aromatic ring is 1. The molecular weight excluding hydrogens is 316 g/mol. The Morgan fingerprint density at radius 1 is 1.12 bits per heavy atom. The third-order valence-corrected chi connectivity index (χ3v) is 5.61. The molecule has 5 nitrogen and oxygen atoms in total. The largest absolute Gasteiger partial charge is 0.399 e. The molecular formula is C18H24N4OSi. The number of nitrogens with two attached hydrogens (primary N) is 1. The summed E-state index contributed by atoms with van der Waals surface area (Å²) in [6, 6.07) is 11.0. The number of benzene rings is 1. The van der Waals surface area contributed by atoms with Gasteiger partial charge in [0.25, 0.3) is 0 Å². The zero-order chi connectivity index (χ0) is 17.2. The summed E-state index contributed by atoms with van der Waals surface area (Å²) in [6.45, 7) is 8.26. The van der Waals surface area contributed by atoms with Gasteiger partial charge in [0.15, 0.2) is 5.65 Å². The second kappa shape index (κ2) is 6.74. The van der Waals surface area contributed by atoms with Crippen LogP contribution in [0.4, 0.5) is 5.69 Å². The Bertz CT molecular complexity index is 838. The quantitative estimate of drug-likeness (QED) is 0.418. The maximum absolute atomic E-state index is 5.86. The number of fused-ring (bicyclic) bond motifs is 1. The smallest absolute Gasteiger partial charge is 0.160 e. The van der Waals surface area contributed by atoms with Crippen molar-refractivity contribution in [3.63, 3.8) is 0 Å². The average Bonchev–Trinajstić information content (AvgIpc) is 2.93. The maximum atomic E-state index is 5.86. The lowest BCUT2D eigenvalue weighted by Gasteiger charge is -2.15. The highest BCUT2D eigenvalue weighted by molar-refractivity contribution is 6.76. The van der Waals surface area contributed by atoms with E-state index < -0.39 is 8.07 Å². The molecule has 0 aliphatic heterocycles. The Balaban J connectivity index is 1.74. The molecule has 2 N–H and O–H groups in total. The van der Waals surface area contributed by atoms with Crippen molar-refractivity contribution < 1.29 is 4.74 Å². The predicted molar refractivity (Wildman–Crippen MR) is 101 cm³/mol. The van der Waals surface area contributed by atoms with Gasteiger partial charge in [-0.05, 0) is 29.8 Å². The molecule has 0 saturated heterocycles. The van der Waals surface area contributed by atoms with E-state index in [1.807, 2.05) is 41.3 Å². The Morgan fingerprint density at radius 2 is 1.96 bits per heavy atom. The number of pyridine rings is 1. The summed E-state index contributed by atoms with van der Waals surface area (Å²) in [6.07, 6.45) is 3.69. The van der Waals surface area contributed by atoms with Crippen LogP contribution in [0.3, 0.4) is 0 Å². The van der Waals surface area contributed by atoms with E-state index in [-0.39, 0.29) is 0 Å². The monoisotopic (exact) mass is 340 g/mol. The summed E-state index contributed by atoms with van der Waals surface area (Å²) in [5.74, 6) is 0. The van der Waals surface area contributed by atoms with Crippen molar-refractivity contribution in [1.29, 1.82) is 0 Å². The summed E-state index contributed by atoms with van der Waals surface area (Å²) in [5.41, 5.74) is 9.55. The van der Waals surface area contributed by atoms with Crippen LogP contribution in [0.5, 0.6) is 0 Å². The molecule has 2 heterocycles. The highest BCUT2D eigenvalue weighted by atomic mass is 28.3. The fraction of sp³-hybridized carbons (Fsp3) is 0.333. The van der Waals surface area contributed by atoms with Crippen LogP contribution >= 0.6 is 0 Å². The first-order valence-electron chi connectivity index (χ1n) is 8.18. The molecule has 0 bridgehead atoms. The highest BCUT2D eigenvalue weighted by Gasteiger charge is 2.12. The first-order valence-corrected chi connectivity index (χ1v) is 11.9. The van der Waals surface area contributed by atoms with Crippen molar-refractivity contribution in [1.82, 2.24) is 14.8 Å². The predicted octanol–water partition coefficient (Wildman–Crippen LogP) is 3.99. The van der Waals surface area contributed by atoms with Gasteiger partial charge in [0.1, 0.15) is 6.73 Å². The van der Waals surface area contributed by atoms with Gasteiger partial charge in [-0.3, -0.25) is 0 Å². The molecule has 0 saturated carbocycles. The summed E-state index contributed by atoms with van der Waals surface area (Å²) in [4.78, 5) is 4.56. The molecule has 0 atom stereocenters. The fourth-order valence-electron chi connectivity index (χ4n) is 2.47. The van der Waals surface area contributed by atoms with E-state index in [9.17, 15) is 0 Å². The normalized spacial score (nSPS) is 12.0. The van der Waals surface area contributed by atoms with Crippen LogP contribution in [0.1, 0.15) is 0 Å². The fourth-order valence-corrected chi connectivity index (χ4v) is 3.23. The van der Waals surface area contributed by atoms with Crippen molar-refractivity contribution in [3.8, 4) is 11.1 Å². The molecule has 3 aromatic rings. The first-order chi connectivity index (χ1) is 11.4. The van der Waals surface area contributed by atoms with Gasteiger partial charge >= 0.3 is 0 Å². The van der Waals surface area contributed by atoms with Crippen molar-refractivity contribution >= 4 is 24.8 Å². The average molecular weight is 341 g/mol. The van der Waals surface area contributed by atoms with Crippen LogP contribution in [0, 0.1) is 0 Å². The Kier molecular flexibility index (Phi) is 4.68. The highest BCUT2D eigenvalue weighted by Crippen LogP contribution is 2.24. The SMILES string of the molecule is C[Si](C)(C)CCOCn1ncc2cc(-c3cccc(N)c3)cnc21. The van der Waals surface area contributed by atoms with E-state index in [0.29, 0.717) is 6.73 Å². The first kappa shape index (κ1) is 16.7. The number of nitrogens with zero attached hydrogens (tertiary/aromatic N) is 3. The van der Waals surface area contributed by atoms with Crippen LogP contribution in [-0.2, 0) is 11.5 Å². The van der Waals surface area contributed by atoms with Crippen LogP contribution in [0.2, 0.25) is 25.7 Å². The maximum Gasteiger partial charge on any atom is 0.160 e. The van der Waals surface area contributed by atoms with E-state index in [0.717, 1.165) is 40.5 Å². The number of rotatable bonds is 6. The molecule has 126 valence electrons. The van der Waals surface area contributed by atoms with E-state index in [4.69, 9.17) is 10.5 Å². The van der Waals surface area contributed by atoms with E-state index >= 15 is 0 Å². The molecule has 24 heavy (non-hydrogen) atoms. The summed E-state index contributed by atoms with van der Waals surface area (Å²) in [5, 5.41) is 5.40. The molecule has 1 aromatic carbocycles. The minimum absolute atomic E-state index is 0.443. The molecule has 0 aliphatic rings. The minimum atomic E-state index is -1.06. The van der Waals surface area contributed by atoms with Gasteiger partial charge in [-0.1, -0.05) is 31.8 Å². The van der Waals surface area contributed by atoms with Gasteiger partial charge in [0.2, 0.25) is 0 Å². The lowest BCUT2D eigenvalue weighted by molar-refractivity contribution is 0.0813. The lowest BCUT2D eigenvalue weighted by Crippen LogP contribution is -2.22. The third kappa shape index (κ3) is 4.01. The van der Waals surface area contributed by atoms with Crippen molar-refractivity contribution in [2.24, 2.45) is 0 Å². The number of aromatic nitrogens is 3. The number of hydrogen-bond donors (Lipinski definition) is 1. The molecule has 0 aliphatic carbocycles. The van der Waals surface area contributed by atoms with Gasteiger partial charge in [0.05, 0.1) is 6.20 Å². The molecule has 3 rings (SSSR count). The lowest BCUT2D eigenvalue weighted by atomic mass is 10.1. The summed E-state index contributed by atoms with van der Waals surface area (Å²) < 4.78 is 7.58. The standard InChI is InChI=1S/C18H24N4OSi/c1-24(2,3)8-7-23-13-22-18-16(12-21-22)9-15(11-20-18)14-5-4-6-17(19)10-14/h4-6,9-12H,7-8,13,19H2,1-3H3. The van der Waals surface area contributed by atoms with E-state index in [2.05, 4.69) is 35.8 Å². The zero-order valence-electron chi connectivity index (χ0n) is 14.5. The van der Waals surface area contributed by atoms with Crippen molar-refractivity contribution in [2.45, 2.75) is 32.4 Å². The number of hydrogen-bond acceptors (Lipinski definition) is 4. The van der Waals surface area contributed by atoms with Crippen molar-refractivity contribution in [3.05, 3.63) is 42.7 Å². The molecule has 0 radical (unpaired) electrons. The van der Waals surface area contributed by atoms with Crippen LogP contribution in [0.25, 0.3) is 22.2 Å². The molecule has 6 heteroatoms. The molecule has 0 fully saturated rings. The Labute approximate surface area is 143 Å². The van der Waals surface area contributed by atoms with Crippen LogP contribution < -0.4 is 5.73 Å². The zero-order valence-corrected chi connectivity index (χ0v) is 15.5. The Hall–Kier alpha value is -2.18. The molecule has 2 aromatic heterocycles. The summed E-state index contributed by atoms with van der Waals surface area (Å²) >= 11 is 0. The van der Waals surface area contributed by atoms with E-state index in [1.165, 1.54) is 0 Å². The minimum Gasteiger partial charge on any atom is -0.399 e. The third-order valence-electron chi connectivity index (χ3n) is 3.91. The number of ether oxygens (including phenoxy) is 1. The van der Waals surface area contributed by atoms with Crippen molar-refractivity contribution in [2.75, 3.05) is 12.3 Å². The van der Waals surface area contributed by atoms with Crippen LogP contribution in [0.15, 0.2) is 42.7 Å². The molecule has 0 spiro atoms. The van der Waals surface area contributed by atoms with Crippen LogP contribution in [-0.4, -0.2) is 29.4 Å². The van der Waals surface area contributed by atoms with Gasteiger partial charge in [-0.25, -0.2) is 9.67 Å².